The van der Waals surface area contributed by atoms with Crippen molar-refractivity contribution in [2.24, 2.45) is 0 Å². The minimum Gasteiger partial charge on any atom is -0.491 e. The molecule has 1 aromatic carbocycles. The lowest BCUT2D eigenvalue weighted by molar-refractivity contribution is -0.120. The number of hydrogen-bond donors (Lipinski definition) is 0. The second-order valence-corrected chi connectivity index (χ2v) is 5.72. The van der Waals surface area contributed by atoms with Crippen molar-refractivity contribution in [3.05, 3.63) is 24.3 Å². The van der Waals surface area contributed by atoms with Crippen molar-refractivity contribution in [2.75, 3.05) is 42.6 Å². The molecule has 1 aliphatic rings. The van der Waals surface area contributed by atoms with Crippen LogP contribution >= 0.6 is 22.6 Å². The Labute approximate surface area is 127 Å². The summed E-state index contributed by atoms with van der Waals surface area (Å²) in [4.78, 5) is 16.0. The van der Waals surface area contributed by atoms with E-state index < -0.39 is 0 Å². The lowest BCUT2D eigenvalue weighted by Gasteiger charge is -2.33. The molecule has 0 atom stereocenters. The predicted octanol–water partition coefficient (Wildman–Crippen LogP) is 2.17. The number of ether oxygens (including phenoxy) is 1. The van der Waals surface area contributed by atoms with Gasteiger partial charge in [-0.15, -0.1) is 0 Å². The summed E-state index contributed by atoms with van der Waals surface area (Å²) in [6, 6.07) is 7.80. The maximum atomic E-state index is 12.1. The van der Waals surface area contributed by atoms with Crippen LogP contribution in [0.3, 0.4) is 0 Å². The van der Waals surface area contributed by atoms with Gasteiger partial charge in [0.05, 0.1) is 18.8 Å². The van der Waals surface area contributed by atoms with Crippen molar-refractivity contribution in [1.29, 1.82) is 0 Å². The molecule has 0 aromatic heterocycles. The molecular formula is C14H19IN2O2. The summed E-state index contributed by atoms with van der Waals surface area (Å²) >= 11 is 2.34. The summed E-state index contributed by atoms with van der Waals surface area (Å²) in [7, 11) is 1.97. The molecule has 0 N–H and O–H groups in total. The number of carbonyl (C=O) groups is 1. The van der Waals surface area contributed by atoms with Crippen LogP contribution in [0.1, 0.15) is 6.42 Å². The molecule has 104 valence electrons. The highest BCUT2D eigenvalue weighted by molar-refractivity contribution is 14.1. The quantitative estimate of drug-likeness (QED) is 0.450. The monoisotopic (exact) mass is 374 g/mol. The molecule has 19 heavy (non-hydrogen) atoms. The fraction of sp³-hybridized carbons (Fsp3) is 0.500. The van der Waals surface area contributed by atoms with E-state index in [-0.39, 0.29) is 5.91 Å². The first kappa shape index (κ1) is 14.6. The number of carbonyl (C=O) groups excluding carboxylic acids is 1. The molecule has 0 unspecified atom stereocenters. The van der Waals surface area contributed by atoms with Crippen molar-refractivity contribution in [3.63, 3.8) is 0 Å². The van der Waals surface area contributed by atoms with Gasteiger partial charge in [-0.05, 0) is 25.6 Å². The fourth-order valence-electron chi connectivity index (χ4n) is 2.08. The van der Waals surface area contributed by atoms with Crippen molar-refractivity contribution in [3.8, 4) is 5.75 Å². The number of hydrogen-bond acceptors (Lipinski definition) is 3. The van der Waals surface area contributed by atoms with E-state index in [0.717, 1.165) is 35.4 Å². The van der Waals surface area contributed by atoms with Gasteiger partial charge in [0.15, 0.2) is 0 Å². The Morgan fingerprint density at radius 3 is 2.84 bits per heavy atom. The maximum Gasteiger partial charge on any atom is 0.241 e. The van der Waals surface area contributed by atoms with Crippen LogP contribution in [0.4, 0.5) is 5.69 Å². The van der Waals surface area contributed by atoms with E-state index in [1.807, 2.05) is 41.1 Å². The number of amides is 1. The Bertz CT molecular complexity index is 439. The van der Waals surface area contributed by atoms with Crippen molar-refractivity contribution in [2.45, 2.75) is 6.42 Å². The lowest BCUT2D eigenvalue weighted by Crippen LogP contribution is -2.49. The number of likely N-dealkylation sites (N-methyl/N-ethyl adjacent to an activating group) is 1. The van der Waals surface area contributed by atoms with Gasteiger partial charge in [-0.1, -0.05) is 34.7 Å². The molecule has 0 saturated carbocycles. The molecule has 1 amide bonds. The first-order valence-electron chi connectivity index (χ1n) is 6.49. The summed E-state index contributed by atoms with van der Waals surface area (Å²) in [6.07, 6.45) is 1.02. The first-order chi connectivity index (χ1) is 9.22. The second kappa shape index (κ2) is 7.09. The van der Waals surface area contributed by atoms with Gasteiger partial charge >= 0.3 is 0 Å². The Kier molecular flexibility index (Phi) is 5.45. The third-order valence-corrected chi connectivity index (χ3v) is 3.87. The summed E-state index contributed by atoms with van der Waals surface area (Å²) < 4.78 is 6.87. The third-order valence-electron chi connectivity index (χ3n) is 3.10. The second-order valence-electron chi connectivity index (χ2n) is 4.64. The number of para-hydroxylation sites is 2. The normalized spacial score (nSPS) is 16.7. The smallest absolute Gasteiger partial charge is 0.241 e. The Morgan fingerprint density at radius 1 is 1.32 bits per heavy atom. The van der Waals surface area contributed by atoms with Gasteiger partial charge in [0.25, 0.3) is 0 Å². The van der Waals surface area contributed by atoms with Crippen LogP contribution in [0.25, 0.3) is 0 Å². The Morgan fingerprint density at radius 2 is 2.11 bits per heavy atom. The number of alkyl halides is 1. The number of rotatable bonds is 5. The molecule has 2 rings (SSSR count). The molecular weight excluding hydrogens is 355 g/mol. The average Bonchev–Trinajstić information content (AvgIpc) is 2.40. The zero-order valence-electron chi connectivity index (χ0n) is 11.1. The summed E-state index contributed by atoms with van der Waals surface area (Å²) in [5, 5.41) is 0. The van der Waals surface area contributed by atoms with E-state index in [0.29, 0.717) is 13.2 Å². The number of nitrogens with zero attached hydrogens (tertiary/aromatic N) is 2. The number of halogens is 1. The zero-order valence-corrected chi connectivity index (χ0v) is 13.3. The molecule has 0 aliphatic carbocycles. The van der Waals surface area contributed by atoms with Gasteiger partial charge < -0.3 is 9.64 Å². The summed E-state index contributed by atoms with van der Waals surface area (Å²) in [5.41, 5.74) is 0.897. The molecule has 1 saturated heterocycles. The SMILES string of the molecule is CN1CCN(c2ccccc2OCCCI)C(=O)C1. The minimum absolute atomic E-state index is 0.138. The van der Waals surface area contributed by atoms with Gasteiger partial charge in [-0.3, -0.25) is 9.69 Å². The molecule has 1 fully saturated rings. The van der Waals surface area contributed by atoms with E-state index in [1.54, 1.807) is 0 Å². The first-order valence-corrected chi connectivity index (χ1v) is 8.01. The molecule has 0 radical (unpaired) electrons. The maximum absolute atomic E-state index is 12.1. The van der Waals surface area contributed by atoms with E-state index in [4.69, 9.17) is 4.74 Å². The molecule has 1 aromatic rings. The van der Waals surface area contributed by atoms with E-state index in [9.17, 15) is 4.79 Å². The van der Waals surface area contributed by atoms with Gasteiger partial charge in [0.2, 0.25) is 5.91 Å². The highest BCUT2D eigenvalue weighted by atomic mass is 127. The van der Waals surface area contributed by atoms with Crippen LogP contribution in [0.5, 0.6) is 5.75 Å². The Hall–Kier alpha value is -0.820. The highest BCUT2D eigenvalue weighted by Gasteiger charge is 2.24. The molecule has 1 aliphatic heterocycles. The topological polar surface area (TPSA) is 32.8 Å². The van der Waals surface area contributed by atoms with Gasteiger partial charge in [-0.2, -0.15) is 0 Å². The molecule has 4 nitrogen and oxygen atoms in total. The summed E-state index contributed by atoms with van der Waals surface area (Å²) in [6.45, 7) is 2.79. The molecule has 0 spiro atoms. The van der Waals surface area contributed by atoms with Gasteiger partial charge in [0, 0.05) is 17.5 Å². The third kappa shape index (κ3) is 3.82. The van der Waals surface area contributed by atoms with Crippen LogP contribution in [0.15, 0.2) is 24.3 Å². The average molecular weight is 374 g/mol. The van der Waals surface area contributed by atoms with E-state index >= 15 is 0 Å². The minimum atomic E-state index is 0.138. The van der Waals surface area contributed by atoms with Gasteiger partial charge in [-0.25, -0.2) is 0 Å². The van der Waals surface area contributed by atoms with Crippen LogP contribution < -0.4 is 9.64 Å². The predicted molar refractivity (Wildman–Crippen MR) is 85.3 cm³/mol. The largest absolute Gasteiger partial charge is 0.491 e. The number of piperazine rings is 1. The van der Waals surface area contributed by atoms with Crippen LogP contribution in [-0.4, -0.2) is 48.5 Å². The van der Waals surface area contributed by atoms with E-state index in [2.05, 4.69) is 22.6 Å². The zero-order chi connectivity index (χ0) is 13.7. The number of benzene rings is 1. The Balaban J connectivity index is 2.12. The van der Waals surface area contributed by atoms with Crippen molar-refractivity contribution >= 4 is 34.2 Å². The van der Waals surface area contributed by atoms with Crippen molar-refractivity contribution < 1.29 is 9.53 Å². The van der Waals surface area contributed by atoms with Crippen LogP contribution in [-0.2, 0) is 4.79 Å². The lowest BCUT2D eigenvalue weighted by atomic mass is 10.2. The van der Waals surface area contributed by atoms with Crippen LogP contribution in [0, 0.1) is 0 Å². The molecule has 0 bridgehead atoms. The van der Waals surface area contributed by atoms with E-state index in [1.165, 1.54) is 0 Å². The number of anilines is 1. The molecule has 5 heteroatoms. The van der Waals surface area contributed by atoms with Gasteiger partial charge in [0.1, 0.15) is 5.75 Å². The van der Waals surface area contributed by atoms with Crippen LogP contribution in [0.2, 0.25) is 0 Å². The standard InChI is InChI=1S/C14H19IN2O2/c1-16-8-9-17(14(18)11-16)12-5-2-3-6-13(12)19-10-4-7-15/h2-3,5-6H,4,7-11H2,1H3. The van der Waals surface area contributed by atoms with Crippen molar-refractivity contribution in [1.82, 2.24) is 4.90 Å². The summed E-state index contributed by atoms with van der Waals surface area (Å²) in [5.74, 6) is 0.948. The fourth-order valence-corrected chi connectivity index (χ4v) is 2.40. The highest BCUT2D eigenvalue weighted by Crippen LogP contribution is 2.29. The molecule has 1 heterocycles.